The molecule has 9 heteroatoms. The Morgan fingerprint density at radius 3 is 2.34 bits per heavy atom. The highest BCUT2D eigenvalue weighted by Gasteiger charge is 2.40. The summed E-state index contributed by atoms with van der Waals surface area (Å²) in [5.41, 5.74) is 4.37. The molecule has 252 valence electrons. The summed E-state index contributed by atoms with van der Waals surface area (Å²) in [6.45, 7) is 17.5. The minimum absolute atomic E-state index is 0.0794. The van der Waals surface area contributed by atoms with Gasteiger partial charge in [-0.3, -0.25) is 9.35 Å². The third-order valence-corrected chi connectivity index (χ3v) is 9.73. The van der Waals surface area contributed by atoms with Gasteiger partial charge in [-0.15, -0.1) is 0 Å². The van der Waals surface area contributed by atoms with Crippen LogP contribution in [0.2, 0.25) is 0 Å². The number of carboxylic acids is 1. The first-order valence-corrected chi connectivity index (χ1v) is 17.8. The fourth-order valence-corrected chi connectivity index (χ4v) is 6.83. The lowest BCUT2D eigenvalue weighted by Crippen LogP contribution is -2.29. The van der Waals surface area contributed by atoms with Gasteiger partial charge in [-0.2, -0.15) is 8.42 Å². The number of unbranched alkanes of at least 4 members (excludes halogenated alkanes) is 2. The van der Waals surface area contributed by atoms with E-state index in [0.29, 0.717) is 13.0 Å². The normalized spacial score (nSPS) is 15.7. The number of nitrogens with zero attached hydrogens (tertiary/aromatic N) is 2. The van der Waals surface area contributed by atoms with Crippen LogP contribution in [0.1, 0.15) is 91.0 Å². The minimum Gasteiger partial charge on any atom is -0.481 e. The molecular formula is C38H49N2O6S+. The SMILES string of the molecule is CC[N+](CC)=c1ccc2c(C(C)(C)C)cc(/C=C/C=C/C=C3\N(CCCCCC(=O)O)c4ccc(S(=O)(=O)O)cc4C3(C)C)oc-2c1. The third kappa shape index (κ3) is 8.32. The molecule has 1 aromatic carbocycles. The largest absolute Gasteiger partial charge is 0.481 e. The summed E-state index contributed by atoms with van der Waals surface area (Å²) in [7, 11) is -4.36. The lowest BCUT2D eigenvalue weighted by atomic mass is 9.83. The highest BCUT2D eigenvalue weighted by atomic mass is 32.2. The van der Waals surface area contributed by atoms with E-state index in [1.807, 2.05) is 44.2 Å². The van der Waals surface area contributed by atoms with Crippen LogP contribution in [-0.4, -0.2) is 43.7 Å². The van der Waals surface area contributed by atoms with Gasteiger partial charge in [0, 0.05) is 41.4 Å². The van der Waals surface area contributed by atoms with Gasteiger partial charge < -0.3 is 14.4 Å². The van der Waals surface area contributed by atoms with Crippen LogP contribution in [0.5, 0.6) is 0 Å². The second kappa shape index (κ2) is 14.4. The van der Waals surface area contributed by atoms with Gasteiger partial charge in [-0.1, -0.05) is 59.3 Å². The Kier molecular flexibility index (Phi) is 11.0. The Morgan fingerprint density at radius 2 is 1.70 bits per heavy atom. The van der Waals surface area contributed by atoms with E-state index in [1.165, 1.54) is 11.6 Å². The molecule has 0 amide bonds. The Balaban J connectivity index is 1.67. The molecular weight excluding hydrogens is 612 g/mol. The molecule has 0 unspecified atom stereocenters. The molecule has 4 rings (SSSR count). The highest BCUT2D eigenvalue weighted by Crippen LogP contribution is 2.48. The molecule has 47 heavy (non-hydrogen) atoms. The van der Waals surface area contributed by atoms with Crippen LogP contribution in [0, 0.1) is 0 Å². The van der Waals surface area contributed by atoms with Crippen molar-refractivity contribution < 1.29 is 27.3 Å². The van der Waals surface area contributed by atoms with Crippen molar-refractivity contribution >= 4 is 27.9 Å². The van der Waals surface area contributed by atoms with E-state index in [1.54, 1.807) is 12.1 Å². The molecule has 2 aliphatic heterocycles. The monoisotopic (exact) mass is 661 g/mol. The van der Waals surface area contributed by atoms with E-state index in [2.05, 4.69) is 68.4 Å². The number of hydrogen-bond acceptors (Lipinski definition) is 5. The number of hydrogen-bond donors (Lipinski definition) is 2. The molecule has 0 aromatic heterocycles. The van der Waals surface area contributed by atoms with E-state index in [-0.39, 0.29) is 16.7 Å². The van der Waals surface area contributed by atoms with Crippen LogP contribution >= 0.6 is 0 Å². The zero-order chi connectivity index (χ0) is 34.6. The van der Waals surface area contributed by atoms with Crippen LogP contribution in [0.15, 0.2) is 81.8 Å². The first kappa shape index (κ1) is 35.9. The molecule has 1 aliphatic carbocycles. The van der Waals surface area contributed by atoms with E-state index in [4.69, 9.17) is 9.52 Å². The highest BCUT2D eigenvalue weighted by molar-refractivity contribution is 7.85. The summed E-state index contributed by atoms with van der Waals surface area (Å²) in [6, 6.07) is 13.3. The van der Waals surface area contributed by atoms with Crippen molar-refractivity contribution in [3.8, 4) is 11.3 Å². The maximum atomic E-state index is 11.9. The van der Waals surface area contributed by atoms with Gasteiger partial charge >= 0.3 is 5.97 Å². The predicted octanol–water partition coefficient (Wildman–Crippen LogP) is 7.64. The molecule has 3 aliphatic rings. The topological polar surface area (TPSA) is 111 Å². The summed E-state index contributed by atoms with van der Waals surface area (Å²) < 4.78 is 42.3. The average Bonchev–Trinajstić information content (AvgIpc) is 3.20. The predicted molar refractivity (Wildman–Crippen MR) is 189 cm³/mol. The van der Waals surface area contributed by atoms with Crippen molar-refractivity contribution in [3.63, 3.8) is 0 Å². The smallest absolute Gasteiger partial charge is 0.303 e. The number of aliphatic carboxylic acids is 1. The van der Waals surface area contributed by atoms with Crippen molar-refractivity contribution in [1.29, 1.82) is 0 Å². The Hall–Kier alpha value is -3.95. The molecule has 0 saturated carbocycles. The van der Waals surface area contributed by atoms with Gasteiger partial charge in [0.1, 0.15) is 24.6 Å². The molecule has 0 atom stereocenters. The first-order chi connectivity index (χ1) is 22.1. The molecule has 1 aromatic rings. The molecule has 0 saturated heterocycles. The quantitative estimate of drug-likeness (QED) is 0.0889. The van der Waals surface area contributed by atoms with E-state index < -0.39 is 21.5 Å². The van der Waals surface area contributed by atoms with Crippen LogP contribution in [0.3, 0.4) is 0 Å². The summed E-state index contributed by atoms with van der Waals surface area (Å²) in [5, 5.41) is 10.1. The van der Waals surface area contributed by atoms with Crippen molar-refractivity contribution in [2.45, 2.75) is 89.9 Å². The first-order valence-electron chi connectivity index (χ1n) is 16.4. The zero-order valence-corrected chi connectivity index (χ0v) is 29.5. The Bertz CT molecular complexity index is 1850. The number of benzene rings is 2. The van der Waals surface area contributed by atoms with Gasteiger partial charge in [0.25, 0.3) is 10.1 Å². The molecule has 0 radical (unpaired) electrons. The second-order valence-electron chi connectivity index (χ2n) is 13.6. The number of carbonyl (C=O) groups is 1. The number of anilines is 1. The van der Waals surface area contributed by atoms with E-state index >= 15 is 0 Å². The molecule has 0 bridgehead atoms. The van der Waals surface area contributed by atoms with Crippen LogP contribution in [-0.2, 0) is 25.7 Å². The maximum absolute atomic E-state index is 11.9. The zero-order valence-electron chi connectivity index (χ0n) is 28.7. The Labute approximate surface area is 279 Å². The fourth-order valence-electron chi connectivity index (χ4n) is 6.32. The van der Waals surface area contributed by atoms with Gasteiger partial charge in [0.05, 0.1) is 11.0 Å². The molecule has 2 N–H and O–H groups in total. The maximum Gasteiger partial charge on any atom is 0.303 e. The number of fused-ring (bicyclic) bond motifs is 2. The van der Waals surface area contributed by atoms with Gasteiger partial charge in [-0.05, 0) is 85.7 Å². The van der Waals surface area contributed by atoms with Crippen LogP contribution in [0.4, 0.5) is 5.69 Å². The molecule has 0 spiro atoms. The van der Waals surface area contributed by atoms with Crippen molar-refractivity contribution in [1.82, 2.24) is 4.58 Å². The van der Waals surface area contributed by atoms with E-state index in [9.17, 15) is 17.8 Å². The van der Waals surface area contributed by atoms with Gasteiger partial charge in [0.2, 0.25) is 5.36 Å². The van der Waals surface area contributed by atoms with E-state index in [0.717, 1.165) is 65.3 Å². The van der Waals surface area contributed by atoms with Crippen molar-refractivity contribution in [2.24, 2.45) is 0 Å². The summed E-state index contributed by atoms with van der Waals surface area (Å²) >= 11 is 0. The van der Waals surface area contributed by atoms with Gasteiger partial charge in [-0.25, -0.2) is 4.58 Å². The van der Waals surface area contributed by atoms with Crippen molar-refractivity contribution in [2.75, 3.05) is 24.5 Å². The molecule has 8 nitrogen and oxygen atoms in total. The lowest BCUT2D eigenvalue weighted by Gasteiger charge is -2.27. The molecule has 2 heterocycles. The average molecular weight is 662 g/mol. The second-order valence-corrected chi connectivity index (χ2v) is 15.0. The Morgan fingerprint density at radius 1 is 0.979 bits per heavy atom. The lowest BCUT2D eigenvalue weighted by molar-refractivity contribution is -0.137. The number of allylic oxidation sites excluding steroid dienone is 5. The fraction of sp³-hybridized carbons (Fsp3) is 0.421. The third-order valence-electron chi connectivity index (χ3n) is 8.88. The standard InChI is InChI=1S/C38H48N2O6S/c1-8-39(9-2)27-19-21-30-31(37(3,4)5)25-28(46-34(30)24-27)16-12-10-13-17-35-38(6,7)32-26-29(47(43,44)45)20-22-33(32)40(35)23-15-11-14-18-36(41)42/h10,12-13,16-17,19-22,24-26H,8-9,11,14-15,18,23H2,1-7H3,(H-,41,42,43,44,45)/p+1. The number of rotatable bonds is 12. The summed E-state index contributed by atoms with van der Waals surface area (Å²) in [6.07, 6.45) is 12.1. The van der Waals surface area contributed by atoms with Gasteiger partial charge in [0.15, 0.2) is 0 Å². The van der Waals surface area contributed by atoms with Crippen LogP contribution in [0.25, 0.3) is 17.4 Å². The molecule has 0 fully saturated rings. The van der Waals surface area contributed by atoms with Crippen LogP contribution < -0.4 is 14.8 Å². The number of carboxylic acid groups (broad SMARTS) is 1. The summed E-state index contributed by atoms with van der Waals surface area (Å²) in [5.74, 6) is 0.803. The minimum atomic E-state index is -4.36. The van der Waals surface area contributed by atoms with Crippen molar-refractivity contribution in [3.05, 3.63) is 94.7 Å². The summed E-state index contributed by atoms with van der Waals surface area (Å²) in [4.78, 5) is 13.0.